The normalized spacial score (nSPS) is 10.2. The number of carbonyl (C=O) groups excluding carboxylic acids is 2. The molecule has 7 nitrogen and oxygen atoms in total. The van der Waals surface area contributed by atoms with Crippen LogP contribution in [0.2, 0.25) is 0 Å². The Morgan fingerprint density at radius 2 is 1.79 bits per heavy atom. The number of methoxy groups -OCH3 is 1. The Kier molecular flexibility index (Phi) is 5.64. The molecule has 3 rings (SSSR count). The van der Waals surface area contributed by atoms with Crippen LogP contribution in [0.3, 0.4) is 0 Å². The zero-order valence-corrected chi connectivity index (χ0v) is 15.8. The number of aryl methyl sites for hydroxylation is 2. The number of anilines is 3. The summed E-state index contributed by atoms with van der Waals surface area (Å²) < 4.78 is 4.74. The average molecular weight is 376 g/mol. The van der Waals surface area contributed by atoms with Gasteiger partial charge in [-0.1, -0.05) is 24.3 Å². The predicted octanol–water partition coefficient (Wildman–Crippen LogP) is 3.88. The van der Waals surface area contributed by atoms with Crippen molar-refractivity contribution in [2.45, 2.75) is 13.8 Å². The van der Waals surface area contributed by atoms with Crippen LogP contribution in [0.1, 0.15) is 32.0 Å². The summed E-state index contributed by atoms with van der Waals surface area (Å²) in [6.45, 7) is 3.97. The number of hydrogen-bond donors (Lipinski definition) is 2. The molecule has 1 heterocycles. The Bertz CT molecular complexity index is 1030. The number of aromatic nitrogens is 2. The van der Waals surface area contributed by atoms with E-state index in [9.17, 15) is 9.59 Å². The Labute approximate surface area is 162 Å². The zero-order chi connectivity index (χ0) is 20.1. The summed E-state index contributed by atoms with van der Waals surface area (Å²) in [7, 11) is 1.29. The molecule has 0 saturated carbocycles. The van der Waals surface area contributed by atoms with Gasteiger partial charge in [0.2, 0.25) is 5.95 Å². The van der Waals surface area contributed by atoms with Crippen LogP contribution in [0.15, 0.2) is 54.7 Å². The molecular weight excluding hydrogens is 356 g/mol. The van der Waals surface area contributed by atoms with E-state index in [2.05, 4.69) is 20.6 Å². The van der Waals surface area contributed by atoms with Crippen molar-refractivity contribution in [3.8, 4) is 0 Å². The number of ether oxygens (including phenoxy) is 1. The van der Waals surface area contributed by atoms with Gasteiger partial charge in [0.05, 0.1) is 18.4 Å². The van der Waals surface area contributed by atoms with Crippen molar-refractivity contribution in [1.82, 2.24) is 9.97 Å². The molecule has 0 aliphatic carbocycles. The molecule has 0 bridgehead atoms. The Morgan fingerprint density at radius 3 is 2.57 bits per heavy atom. The molecule has 2 N–H and O–H groups in total. The second-order valence-electron chi connectivity index (χ2n) is 6.20. The highest BCUT2D eigenvalue weighted by atomic mass is 16.5. The van der Waals surface area contributed by atoms with E-state index in [0.29, 0.717) is 11.6 Å². The van der Waals surface area contributed by atoms with Gasteiger partial charge in [-0.25, -0.2) is 14.8 Å². The molecule has 1 amide bonds. The minimum atomic E-state index is -0.532. The summed E-state index contributed by atoms with van der Waals surface area (Å²) in [5.74, 6) is -0.679. The van der Waals surface area contributed by atoms with Crippen LogP contribution in [-0.2, 0) is 4.74 Å². The number of amides is 1. The fraction of sp³-hybridized carbons (Fsp3) is 0.143. The number of rotatable bonds is 5. The van der Waals surface area contributed by atoms with Gasteiger partial charge >= 0.3 is 5.97 Å². The van der Waals surface area contributed by atoms with E-state index in [4.69, 9.17) is 4.74 Å². The first-order chi connectivity index (χ1) is 13.5. The number of esters is 1. The quantitative estimate of drug-likeness (QED) is 0.657. The molecule has 0 unspecified atom stereocenters. The number of carbonyl (C=O) groups is 2. The van der Waals surface area contributed by atoms with Crippen LogP contribution in [0.4, 0.5) is 17.3 Å². The lowest BCUT2D eigenvalue weighted by Gasteiger charge is -2.11. The summed E-state index contributed by atoms with van der Waals surface area (Å²) in [6, 6.07) is 14.1. The number of nitrogens with one attached hydrogen (secondary N) is 2. The summed E-state index contributed by atoms with van der Waals surface area (Å²) >= 11 is 0. The highest BCUT2D eigenvalue weighted by Gasteiger charge is 2.15. The fourth-order valence-corrected chi connectivity index (χ4v) is 2.60. The van der Waals surface area contributed by atoms with Gasteiger partial charge in [0.1, 0.15) is 5.69 Å². The number of para-hydroxylation sites is 1. The van der Waals surface area contributed by atoms with E-state index in [-0.39, 0.29) is 11.3 Å². The zero-order valence-electron chi connectivity index (χ0n) is 15.8. The average Bonchev–Trinajstić information content (AvgIpc) is 2.71. The first-order valence-electron chi connectivity index (χ1n) is 8.64. The molecule has 142 valence electrons. The Balaban J connectivity index is 1.82. The van der Waals surface area contributed by atoms with Gasteiger partial charge in [-0.2, -0.15) is 0 Å². The summed E-state index contributed by atoms with van der Waals surface area (Å²) in [5, 5.41) is 5.83. The Hall–Kier alpha value is -3.74. The molecule has 0 aliphatic heterocycles. The third-order valence-electron chi connectivity index (χ3n) is 4.11. The maximum atomic E-state index is 12.6. The van der Waals surface area contributed by atoms with Crippen LogP contribution in [0.5, 0.6) is 0 Å². The maximum Gasteiger partial charge on any atom is 0.339 e. The van der Waals surface area contributed by atoms with E-state index < -0.39 is 11.9 Å². The van der Waals surface area contributed by atoms with Crippen LogP contribution in [0.25, 0.3) is 0 Å². The molecule has 0 aliphatic rings. The molecule has 2 aromatic carbocycles. The summed E-state index contributed by atoms with van der Waals surface area (Å²) in [4.78, 5) is 32.9. The van der Waals surface area contributed by atoms with Gasteiger partial charge < -0.3 is 15.4 Å². The van der Waals surface area contributed by atoms with Crippen molar-refractivity contribution < 1.29 is 14.3 Å². The number of nitrogens with zero attached hydrogens (tertiary/aromatic N) is 2. The minimum absolute atomic E-state index is 0.169. The van der Waals surface area contributed by atoms with Gasteiger partial charge in [0, 0.05) is 11.9 Å². The second kappa shape index (κ2) is 8.30. The van der Waals surface area contributed by atoms with Gasteiger partial charge in [0.25, 0.3) is 5.91 Å². The molecule has 0 radical (unpaired) electrons. The Morgan fingerprint density at radius 1 is 1.00 bits per heavy atom. The minimum Gasteiger partial charge on any atom is -0.465 e. The van der Waals surface area contributed by atoms with Crippen molar-refractivity contribution in [2.24, 2.45) is 0 Å². The highest BCUT2D eigenvalue weighted by Crippen LogP contribution is 2.20. The third kappa shape index (κ3) is 4.32. The first kappa shape index (κ1) is 19.0. The lowest BCUT2D eigenvalue weighted by Crippen LogP contribution is -2.17. The van der Waals surface area contributed by atoms with Crippen molar-refractivity contribution in [1.29, 1.82) is 0 Å². The molecule has 0 fully saturated rings. The van der Waals surface area contributed by atoms with Gasteiger partial charge in [-0.15, -0.1) is 0 Å². The summed E-state index contributed by atoms with van der Waals surface area (Å²) in [5.41, 5.74) is 3.79. The van der Waals surface area contributed by atoms with E-state index in [1.165, 1.54) is 19.4 Å². The fourth-order valence-electron chi connectivity index (χ4n) is 2.60. The highest BCUT2D eigenvalue weighted by molar-refractivity contribution is 6.07. The van der Waals surface area contributed by atoms with Crippen molar-refractivity contribution in [2.75, 3.05) is 17.7 Å². The van der Waals surface area contributed by atoms with Crippen LogP contribution in [-0.4, -0.2) is 29.0 Å². The van der Waals surface area contributed by atoms with Crippen molar-refractivity contribution >= 4 is 29.2 Å². The number of hydrogen-bond acceptors (Lipinski definition) is 6. The van der Waals surface area contributed by atoms with Gasteiger partial charge in [0.15, 0.2) is 0 Å². The van der Waals surface area contributed by atoms with E-state index in [1.54, 1.807) is 24.3 Å². The molecule has 7 heteroatoms. The van der Waals surface area contributed by atoms with Crippen molar-refractivity contribution in [3.63, 3.8) is 0 Å². The molecule has 0 atom stereocenters. The predicted molar refractivity (Wildman–Crippen MR) is 107 cm³/mol. The smallest absolute Gasteiger partial charge is 0.339 e. The van der Waals surface area contributed by atoms with E-state index >= 15 is 0 Å². The molecule has 1 aromatic heterocycles. The van der Waals surface area contributed by atoms with Crippen LogP contribution >= 0.6 is 0 Å². The molecule has 3 aromatic rings. The summed E-state index contributed by atoms with van der Waals surface area (Å²) in [6.07, 6.45) is 1.50. The standard InChI is InChI=1S/C21H20N4O3/c1-13-8-9-14(2)18(12-13)25-21-22-11-10-17(24-21)19(26)23-16-7-5-4-6-15(16)20(27)28-3/h4-12H,1-3H3,(H,23,26)(H,22,24,25). The third-order valence-corrected chi connectivity index (χ3v) is 4.11. The molecule has 0 spiro atoms. The van der Waals surface area contributed by atoms with Gasteiger partial charge in [-0.05, 0) is 49.2 Å². The lowest BCUT2D eigenvalue weighted by molar-refractivity contribution is 0.0602. The monoisotopic (exact) mass is 376 g/mol. The van der Waals surface area contributed by atoms with E-state index in [0.717, 1.165) is 16.8 Å². The maximum absolute atomic E-state index is 12.6. The topological polar surface area (TPSA) is 93.2 Å². The molecular formula is C21H20N4O3. The van der Waals surface area contributed by atoms with Crippen molar-refractivity contribution in [3.05, 3.63) is 77.1 Å². The second-order valence-corrected chi connectivity index (χ2v) is 6.20. The van der Waals surface area contributed by atoms with E-state index in [1.807, 2.05) is 32.0 Å². The lowest BCUT2D eigenvalue weighted by atomic mass is 10.1. The van der Waals surface area contributed by atoms with Gasteiger partial charge in [-0.3, -0.25) is 4.79 Å². The molecule has 0 saturated heterocycles. The largest absolute Gasteiger partial charge is 0.465 e. The van der Waals surface area contributed by atoms with Crippen LogP contribution in [0, 0.1) is 13.8 Å². The molecule has 28 heavy (non-hydrogen) atoms. The first-order valence-corrected chi connectivity index (χ1v) is 8.64. The van der Waals surface area contributed by atoms with Crippen LogP contribution < -0.4 is 10.6 Å². The SMILES string of the molecule is COC(=O)c1ccccc1NC(=O)c1ccnc(Nc2cc(C)ccc2C)n1. The number of benzene rings is 2.